The fraction of sp³-hybridized carbons (Fsp3) is 0.492. The van der Waals surface area contributed by atoms with Gasteiger partial charge in [-0.05, 0) is 98.6 Å². The topological polar surface area (TPSA) is 432 Å². The van der Waals surface area contributed by atoms with Crippen LogP contribution in [-0.4, -0.2) is 190 Å². The first-order chi connectivity index (χ1) is 45.7. The molecule has 8 atom stereocenters. The number of ether oxygens (including phenoxy) is 1. The molecule has 25 N–H and O–H groups in total. The number of amides is 11. The number of anilines is 4. The summed E-state index contributed by atoms with van der Waals surface area (Å²) in [7, 11) is 0. The second-order valence-electron chi connectivity index (χ2n) is 24.1. The lowest BCUT2D eigenvalue weighted by Crippen LogP contribution is -2.70. The smallest absolute Gasteiger partial charge is 0.410 e. The van der Waals surface area contributed by atoms with Crippen molar-refractivity contribution >= 4 is 105 Å². The van der Waals surface area contributed by atoms with Gasteiger partial charge in [-0.25, -0.2) is 32.3 Å². The Morgan fingerprint density at radius 2 is 0.812 bits per heavy atom. The first kappa shape index (κ1) is 78.9. The maximum Gasteiger partial charge on any atom is 0.410 e. The first-order valence-electron chi connectivity index (χ1n) is 31.8. The summed E-state index contributed by atoms with van der Waals surface area (Å²) in [6, 6.07) is 19.2. The van der Waals surface area contributed by atoms with E-state index in [1.54, 1.807) is 14.7 Å². The zero-order valence-corrected chi connectivity index (χ0v) is 56.5. The molecule has 4 aliphatic heterocycles. The Morgan fingerprint density at radius 3 is 1.15 bits per heavy atom. The van der Waals surface area contributed by atoms with E-state index in [0.717, 1.165) is 29.8 Å². The van der Waals surface area contributed by atoms with Gasteiger partial charge in [0.25, 0.3) is 0 Å². The van der Waals surface area contributed by atoms with E-state index >= 15 is 0 Å². The van der Waals surface area contributed by atoms with Gasteiger partial charge in [0, 0.05) is 107 Å². The summed E-state index contributed by atoms with van der Waals surface area (Å²) in [5, 5.41) is 19.2. The van der Waals surface area contributed by atoms with Crippen molar-refractivity contribution in [3.05, 3.63) is 117 Å². The van der Waals surface area contributed by atoms with Crippen LogP contribution in [0, 0.1) is 48.0 Å². The number of carbonyl (C=O) groups excluding carboxylic acids is 8. The molecule has 27 nitrogen and oxygen atoms in total. The number of likely N-dealkylation sites (tertiary alicyclic amines) is 4. The van der Waals surface area contributed by atoms with Gasteiger partial charge in [0.05, 0.1) is 64.9 Å². The van der Waals surface area contributed by atoms with Crippen LogP contribution in [0.3, 0.4) is 0 Å². The summed E-state index contributed by atoms with van der Waals surface area (Å²) in [5.41, 5.74) is 34.9. The third kappa shape index (κ3) is 26.3. The van der Waals surface area contributed by atoms with Gasteiger partial charge in [-0.3, -0.25) is 19.2 Å². The van der Waals surface area contributed by atoms with Crippen molar-refractivity contribution in [2.75, 3.05) is 120 Å². The molecule has 0 aliphatic carbocycles. The fourth-order valence-electron chi connectivity index (χ4n) is 10.9. The van der Waals surface area contributed by atoms with E-state index in [1.807, 2.05) is 38.1 Å². The minimum Gasteiger partial charge on any atom is -0.448 e. The van der Waals surface area contributed by atoms with Crippen molar-refractivity contribution < 1.29 is 79.2 Å². The molecule has 11 amide bonds. The van der Waals surface area contributed by atoms with Crippen LogP contribution in [0.25, 0.3) is 0 Å². The molecule has 4 aromatic carbocycles. The van der Waals surface area contributed by atoms with Gasteiger partial charge in [-0.15, -0.1) is 0 Å². The molecular formula is C63H94Cl3F3N18O9+4. The highest BCUT2D eigenvalue weighted by atomic mass is 35.5. The quantitative estimate of drug-likeness (QED) is 0.0674. The molecule has 4 aliphatic rings. The zero-order chi connectivity index (χ0) is 70.6. The lowest BCUT2D eigenvalue weighted by molar-refractivity contribution is -0.427. The average Bonchev–Trinajstić information content (AvgIpc) is 1.04. The second-order valence-corrected chi connectivity index (χ2v) is 25.3. The monoisotopic (exact) mass is 1410 g/mol. The molecule has 528 valence electrons. The van der Waals surface area contributed by atoms with Crippen molar-refractivity contribution in [2.45, 2.75) is 76.5 Å². The number of benzene rings is 4. The van der Waals surface area contributed by atoms with Gasteiger partial charge in [0.1, 0.15) is 48.2 Å². The number of halogens is 6. The van der Waals surface area contributed by atoms with Crippen LogP contribution >= 0.6 is 34.8 Å². The average molecular weight is 1410 g/mol. The summed E-state index contributed by atoms with van der Waals surface area (Å²) < 4.78 is 45.4. The van der Waals surface area contributed by atoms with Crippen LogP contribution in [0.2, 0.25) is 15.1 Å². The highest BCUT2D eigenvalue weighted by Crippen LogP contribution is 2.26. The Hall–Kier alpha value is -7.78. The Bertz CT molecular complexity index is 3160. The summed E-state index contributed by atoms with van der Waals surface area (Å²) in [6.07, 6.45) is 3.43. The fourth-order valence-corrected chi connectivity index (χ4v) is 11.3. The minimum absolute atomic E-state index is 0.00573. The van der Waals surface area contributed by atoms with E-state index in [1.165, 1.54) is 47.4 Å². The number of aryl methyl sites for hydroxylation is 1. The third-order valence-electron chi connectivity index (χ3n) is 15.5. The Morgan fingerprint density at radius 1 is 0.469 bits per heavy atom. The lowest BCUT2D eigenvalue weighted by Gasteiger charge is -2.34. The number of quaternary nitrogens is 4. The van der Waals surface area contributed by atoms with Crippen LogP contribution in [0.5, 0.6) is 0 Å². The second kappa shape index (κ2) is 40.1. The lowest BCUT2D eigenvalue weighted by atomic mass is 9.94. The first-order valence-corrected chi connectivity index (χ1v) is 32.9. The summed E-state index contributed by atoms with van der Waals surface area (Å²) >= 11 is 16.9. The van der Waals surface area contributed by atoms with Crippen LogP contribution < -0.4 is 77.4 Å². The maximum atomic E-state index is 13.5. The van der Waals surface area contributed by atoms with Gasteiger partial charge in [-0.1, -0.05) is 53.9 Å². The molecule has 4 unspecified atom stereocenters. The van der Waals surface area contributed by atoms with Crippen LogP contribution in [0.1, 0.15) is 51.0 Å². The number of urea groups is 3. The van der Waals surface area contributed by atoms with E-state index in [0.29, 0.717) is 121 Å². The number of rotatable bonds is 17. The van der Waals surface area contributed by atoms with Crippen LogP contribution in [0.4, 0.5) is 55.1 Å². The third-order valence-corrected chi connectivity index (χ3v) is 16.5. The number of carbonyl (C=O) groups is 8. The molecule has 4 heterocycles. The molecule has 8 rings (SSSR count). The SMILES string of the molecule is CCCNC(=O)N1CC(C(=O)Nc2cccc(C)c2)C[C@@H]([NH3+])C1.NCCCNC(=O)N1CC(C(=O)Nc2ccc(Cl)c(F)c2)C[C@@H]([NH3+])C1.NCCNC(=O)N1CC(C(=O)Nc2ccc(Cl)c(F)c2)C[C@@H]([NH3+])C1.NCCOC(=O)N1CC(C(=O)Nc2ccc(Cl)c(F)c2)C[C@@H]([NH3+])C1. The number of hydrogen-bond donors (Lipinski definition) is 14. The number of piperidine rings is 4. The maximum absolute atomic E-state index is 13.5. The molecule has 4 fully saturated rings. The largest absolute Gasteiger partial charge is 0.448 e. The summed E-state index contributed by atoms with van der Waals surface area (Å²) in [5.74, 6) is -4.20. The Kier molecular flexibility index (Phi) is 32.9. The van der Waals surface area contributed by atoms with Crippen molar-refractivity contribution in [1.29, 1.82) is 0 Å². The van der Waals surface area contributed by atoms with E-state index < -0.39 is 41.3 Å². The molecule has 0 bridgehead atoms. The van der Waals surface area contributed by atoms with Crippen LogP contribution in [-0.2, 0) is 23.9 Å². The molecule has 0 aromatic heterocycles. The highest BCUT2D eigenvalue weighted by Gasteiger charge is 2.38. The van der Waals surface area contributed by atoms with Crippen molar-refractivity contribution in [1.82, 2.24) is 35.6 Å². The molecule has 33 heteroatoms. The highest BCUT2D eigenvalue weighted by molar-refractivity contribution is 6.31. The van der Waals surface area contributed by atoms with Gasteiger partial charge < -0.3 is 102 Å². The molecule has 96 heavy (non-hydrogen) atoms. The Labute approximate surface area is 571 Å². The van der Waals surface area contributed by atoms with Gasteiger partial charge in [-0.2, -0.15) is 0 Å². The number of nitrogens with two attached hydrogens (primary N) is 3. The van der Waals surface area contributed by atoms with E-state index in [4.69, 9.17) is 56.7 Å². The standard InChI is InChI=1S/C17H26N4O2.C16H23ClFN5O2.C15H21ClFN5O2.C15H20ClFN4O3/c1-3-7-19-17(23)21-10-13(9-14(18)11-21)16(22)20-15-6-4-5-12(2)8-15;17-13-3-2-12(7-14(13)18)22-15(24)10-6-11(20)9-23(8-10)16(25)21-5-1-4-19;16-12-2-1-11(6-13(12)17)21-14(23)9-5-10(19)8-22(7-9)15(24)20-4-3-18;16-12-2-1-11(6-13(12)17)20-14(22)9-5-10(19)8-21(7-9)15(23)24-4-3-18/h4-6,8,13-14H,3,7,9-11,18H2,1-2H3,(H,19,23)(H,20,22);2-3,7,10-11H,1,4-6,8-9,19-20H2,(H,21,25)(H,22,24);1-2,6,9-10H,3-5,7-8,18-19H2,(H,20,24)(H,21,23);1-2,6,9-10H,3-5,7-8,18-19H2,(H,20,22)/p+4/t13?,14-;10?,11-;2*9?,10-/m1111/s1. The molecule has 4 saturated heterocycles. The minimum atomic E-state index is -0.611. The van der Waals surface area contributed by atoms with Crippen LogP contribution in [0.15, 0.2) is 78.9 Å². The Balaban J connectivity index is 0.000000232. The van der Waals surface area contributed by atoms with Gasteiger partial charge in [0.15, 0.2) is 0 Å². The van der Waals surface area contributed by atoms with Gasteiger partial charge >= 0.3 is 24.2 Å². The van der Waals surface area contributed by atoms with Gasteiger partial charge in [0.2, 0.25) is 23.6 Å². The van der Waals surface area contributed by atoms with E-state index in [9.17, 15) is 51.5 Å². The van der Waals surface area contributed by atoms with E-state index in [2.05, 4.69) is 60.2 Å². The van der Waals surface area contributed by atoms with Crippen molar-refractivity contribution in [3.8, 4) is 0 Å². The molecule has 0 radical (unpaired) electrons. The van der Waals surface area contributed by atoms with E-state index in [-0.39, 0.29) is 113 Å². The summed E-state index contributed by atoms with van der Waals surface area (Å²) in [4.78, 5) is 104. The molecule has 0 saturated carbocycles. The number of nitrogens with one attached hydrogen (secondary N) is 7. The normalized spacial score (nSPS) is 20.6. The number of nitrogens with zero attached hydrogens (tertiary/aromatic N) is 4. The predicted molar refractivity (Wildman–Crippen MR) is 359 cm³/mol. The summed E-state index contributed by atoms with van der Waals surface area (Å²) in [6.45, 7) is 9.96. The van der Waals surface area contributed by atoms with Crippen molar-refractivity contribution in [3.63, 3.8) is 0 Å². The molecule has 0 spiro atoms. The zero-order valence-electron chi connectivity index (χ0n) is 54.3. The molecule has 4 aromatic rings. The predicted octanol–water partition coefficient (Wildman–Crippen LogP) is 1.86. The number of hydrogen-bond acceptors (Lipinski definition) is 12. The van der Waals surface area contributed by atoms with Crippen molar-refractivity contribution in [2.24, 2.45) is 40.9 Å². The molecular weight excluding hydrogens is 1320 g/mol.